The zero-order chi connectivity index (χ0) is 21.9. The molecule has 2 unspecified atom stereocenters. The van der Waals surface area contributed by atoms with E-state index in [9.17, 15) is 14.7 Å². The molecule has 0 aliphatic carbocycles. The van der Waals surface area contributed by atoms with Crippen molar-refractivity contribution in [3.8, 4) is 5.75 Å². The first-order chi connectivity index (χ1) is 15.1. The maximum atomic E-state index is 12.3. The molecule has 1 amide bonds. The third-order valence-electron chi connectivity index (χ3n) is 5.15. The normalized spacial score (nSPS) is 17.6. The van der Waals surface area contributed by atoms with Gasteiger partial charge in [-0.3, -0.25) is 14.5 Å². The van der Waals surface area contributed by atoms with Crippen LogP contribution in [0.3, 0.4) is 0 Å². The summed E-state index contributed by atoms with van der Waals surface area (Å²) in [7, 11) is 0. The van der Waals surface area contributed by atoms with Crippen LogP contribution in [0.25, 0.3) is 0 Å². The van der Waals surface area contributed by atoms with Crippen molar-refractivity contribution in [2.75, 3.05) is 32.8 Å². The van der Waals surface area contributed by atoms with Gasteiger partial charge in [0.15, 0.2) is 0 Å². The van der Waals surface area contributed by atoms with Gasteiger partial charge in [0.1, 0.15) is 18.5 Å². The molecule has 1 heterocycles. The van der Waals surface area contributed by atoms with E-state index in [4.69, 9.17) is 9.47 Å². The Kier molecular flexibility index (Phi) is 8.87. The molecule has 2 aromatic rings. The number of aryl methyl sites for hydroxylation is 1. The van der Waals surface area contributed by atoms with E-state index in [-0.39, 0.29) is 25.5 Å². The maximum absolute atomic E-state index is 12.3. The van der Waals surface area contributed by atoms with E-state index in [1.807, 2.05) is 65.6 Å². The molecule has 2 atom stereocenters. The fraction of sp³-hybridized carbons (Fsp3) is 0.417. The van der Waals surface area contributed by atoms with Gasteiger partial charge in [-0.2, -0.15) is 0 Å². The van der Waals surface area contributed by atoms with Crippen molar-refractivity contribution in [3.05, 3.63) is 66.2 Å². The van der Waals surface area contributed by atoms with Crippen LogP contribution in [0.1, 0.15) is 18.4 Å². The number of esters is 1. The number of aliphatic hydroxyl groups is 1. The Balaban J connectivity index is 1.42. The van der Waals surface area contributed by atoms with Gasteiger partial charge < -0.3 is 19.9 Å². The Labute approximate surface area is 183 Å². The highest BCUT2D eigenvalue weighted by molar-refractivity contribution is 5.87. The lowest BCUT2D eigenvalue weighted by Crippen LogP contribution is -2.57. The van der Waals surface area contributed by atoms with E-state index in [0.717, 1.165) is 12.8 Å². The predicted molar refractivity (Wildman–Crippen MR) is 117 cm³/mol. The summed E-state index contributed by atoms with van der Waals surface area (Å²) < 4.78 is 10.9. The smallest absolute Gasteiger partial charge is 0.307 e. The molecular weight excluding hydrogens is 396 g/mol. The number of para-hydroxylation sites is 1. The summed E-state index contributed by atoms with van der Waals surface area (Å²) in [6.45, 7) is 1.70. The van der Waals surface area contributed by atoms with E-state index < -0.39 is 18.1 Å². The minimum atomic E-state index is -0.782. The molecule has 7 heteroatoms. The quantitative estimate of drug-likeness (QED) is 0.421. The van der Waals surface area contributed by atoms with Gasteiger partial charge in [-0.05, 0) is 30.5 Å². The van der Waals surface area contributed by atoms with Crippen LogP contribution in [0.4, 0.5) is 0 Å². The first-order valence-corrected chi connectivity index (χ1v) is 10.7. The first-order valence-electron chi connectivity index (χ1n) is 10.7. The number of hydrogen-bond acceptors (Lipinski definition) is 6. The number of aliphatic hydroxyl groups excluding tert-OH is 1. The standard InChI is InChI=1S/C24H30N2O5/c27-20(18-31-21-11-5-2-6-12-21)17-26-14-13-25-24(29)22(26)16-23(28)30-15-7-10-19-8-3-1-4-9-19/h1-6,8-9,11-12,20,22,27H,7,10,13-18H2,(H,25,29). The molecule has 1 aliphatic heterocycles. The number of ether oxygens (including phenoxy) is 2. The highest BCUT2D eigenvalue weighted by Crippen LogP contribution is 2.13. The van der Waals surface area contributed by atoms with Crippen LogP contribution >= 0.6 is 0 Å². The first kappa shape index (κ1) is 22.8. The molecule has 2 aromatic carbocycles. The van der Waals surface area contributed by atoms with E-state index >= 15 is 0 Å². The average Bonchev–Trinajstić information content (AvgIpc) is 2.79. The number of carbonyl (C=O) groups excluding carboxylic acids is 2. The van der Waals surface area contributed by atoms with Crippen molar-refractivity contribution in [3.63, 3.8) is 0 Å². The van der Waals surface area contributed by atoms with Crippen molar-refractivity contribution in [1.82, 2.24) is 10.2 Å². The van der Waals surface area contributed by atoms with Crippen LogP contribution in [0, 0.1) is 0 Å². The molecule has 166 valence electrons. The largest absolute Gasteiger partial charge is 0.491 e. The molecule has 1 aliphatic rings. The van der Waals surface area contributed by atoms with E-state index in [1.165, 1.54) is 5.56 Å². The fourth-order valence-corrected chi connectivity index (χ4v) is 3.56. The molecule has 7 nitrogen and oxygen atoms in total. The molecule has 3 rings (SSSR count). The van der Waals surface area contributed by atoms with Gasteiger partial charge in [-0.1, -0.05) is 48.5 Å². The van der Waals surface area contributed by atoms with Crippen LogP contribution in [0.15, 0.2) is 60.7 Å². The van der Waals surface area contributed by atoms with Gasteiger partial charge in [-0.25, -0.2) is 0 Å². The zero-order valence-corrected chi connectivity index (χ0v) is 17.6. The highest BCUT2D eigenvalue weighted by atomic mass is 16.5. The van der Waals surface area contributed by atoms with Gasteiger partial charge in [0.2, 0.25) is 5.91 Å². The van der Waals surface area contributed by atoms with Crippen molar-refractivity contribution >= 4 is 11.9 Å². The predicted octanol–water partition coefficient (Wildman–Crippen LogP) is 1.79. The monoisotopic (exact) mass is 426 g/mol. The number of β-amino-alcohol motifs (C(OH)–C–C–N with tert-alkyl or cyclic N) is 1. The Morgan fingerprint density at radius 3 is 2.58 bits per heavy atom. The summed E-state index contributed by atoms with van der Waals surface area (Å²) >= 11 is 0. The molecule has 0 spiro atoms. The average molecular weight is 427 g/mol. The lowest BCUT2D eigenvalue weighted by atomic mass is 10.1. The summed E-state index contributed by atoms with van der Waals surface area (Å²) in [5, 5.41) is 13.2. The van der Waals surface area contributed by atoms with Crippen LogP contribution in [-0.2, 0) is 20.7 Å². The van der Waals surface area contributed by atoms with E-state index in [0.29, 0.717) is 25.4 Å². The van der Waals surface area contributed by atoms with Gasteiger partial charge in [-0.15, -0.1) is 0 Å². The van der Waals surface area contributed by atoms with Crippen molar-refractivity contribution < 1.29 is 24.2 Å². The third kappa shape index (κ3) is 7.70. The lowest BCUT2D eigenvalue weighted by molar-refractivity contribution is -0.149. The molecule has 0 saturated carbocycles. The Bertz CT molecular complexity index is 815. The van der Waals surface area contributed by atoms with Crippen molar-refractivity contribution in [2.45, 2.75) is 31.4 Å². The summed E-state index contributed by atoms with van der Waals surface area (Å²) in [5.74, 6) is 0.0485. The summed E-state index contributed by atoms with van der Waals surface area (Å²) in [6, 6.07) is 18.6. The Hall–Kier alpha value is -2.90. The van der Waals surface area contributed by atoms with Crippen LogP contribution < -0.4 is 10.1 Å². The van der Waals surface area contributed by atoms with Crippen molar-refractivity contribution in [2.24, 2.45) is 0 Å². The Morgan fingerprint density at radius 2 is 1.84 bits per heavy atom. The summed E-state index contributed by atoms with van der Waals surface area (Å²) in [4.78, 5) is 26.5. The highest BCUT2D eigenvalue weighted by Gasteiger charge is 2.33. The van der Waals surface area contributed by atoms with Crippen LogP contribution in [0.5, 0.6) is 5.75 Å². The lowest BCUT2D eigenvalue weighted by Gasteiger charge is -2.35. The second-order valence-corrected chi connectivity index (χ2v) is 7.59. The van der Waals surface area contributed by atoms with Gasteiger partial charge in [0, 0.05) is 19.6 Å². The molecule has 2 N–H and O–H groups in total. The topological polar surface area (TPSA) is 88.1 Å². The molecular formula is C24H30N2O5. The fourth-order valence-electron chi connectivity index (χ4n) is 3.56. The number of rotatable bonds is 11. The van der Waals surface area contributed by atoms with Gasteiger partial charge >= 0.3 is 5.97 Å². The number of nitrogens with zero attached hydrogens (tertiary/aromatic N) is 1. The van der Waals surface area contributed by atoms with E-state index in [1.54, 1.807) is 0 Å². The minimum absolute atomic E-state index is 0.0383. The molecule has 0 radical (unpaired) electrons. The molecule has 0 aromatic heterocycles. The summed E-state index contributed by atoms with van der Waals surface area (Å²) in [5.41, 5.74) is 1.20. The minimum Gasteiger partial charge on any atom is -0.491 e. The molecule has 31 heavy (non-hydrogen) atoms. The Morgan fingerprint density at radius 1 is 1.13 bits per heavy atom. The number of amides is 1. The summed E-state index contributed by atoms with van der Waals surface area (Å²) in [6.07, 6.45) is 0.739. The van der Waals surface area contributed by atoms with E-state index in [2.05, 4.69) is 5.32 Å². The zero-order valence-electron chi connectivity index (χ0n) is 17.6. The number of piperazine rings is 1. The molecule has 0 bridgehead atoms. The van der Waals surface area contributed by atoms with Gasteiger partial charge in [0.25, 0.3) is 0 Å². The maximum Gasteiger partial charge on any atom is 0.307 e. The second-order valence-electron chi connectivity index (χ2n) is 7.59. The van der Waals surface area contributed by atoms with Crippen molar-refractivity contribution in [1.29, 1.82) is 0 Å². The molecule has 1 fully saturated rings. The number of carbonyl (C=O) groups is 2. The number of hydrogen-bond donors (Lipinski definition) is 2. The van der Waals surface area contributed by atoms with Crippen LogP contribution in [-0.4, -0.2) is 66.9 Å². The number of nitrogens with one attached hydrogen (secondary N) is 1. The SMILES string of the molecule is O=C(CC1C(=O)NCCN1CC(O)COc1ccccc1)OCCCc1ccccc1. The second kappa shape index (κ2) is 12.1. The number of benzene rings is 2. The van der Waals surface area contributed by atoms with Crippen LogP contribution in [0.2, 0.25) is 0 Å². The third-order valence-corrected chi connectivity index (χ3v) is 5.15. The molecule has 1 saturated heterocycles. The van der Waals surface area contributed by atoms with Gasteiger partial charge in [0.05, 0.1) is 19.1 Å².